The van der Waals surface area contributed by atoms with Gasteiger partial charge >= 0.3 is 0 Å². The largest absolute Gasteiger partial charge is 0.335 e. The first-order chi connectivity index (χ1) is 10.9. The van der Waals surface area contributed by atoms with Crippen molar-refractivity contribution in [2.45, 2.75) is 19.4 Å². The Morgan fingerprint density at radius 3 is 2.39 bits per heavy atom. The lowest BCUT2D eigenvalue weighted by molar-refractivity contribution is 0.659. The molecule has 2 aromatic rings. The minimum Gasteiger partial charge on any atom is -0.335 e. The smallest absolute Gasteiger partial charge is 0.166 e. The number of amidine groups is 1. The van der Waals surface area contributed by atoms with Crippen molar-refractivity contribution in [2.24, 2.45) is 4.99 Å². The van der Waals surface area contributed by atoms with Gasteiger partial charge in [0, 0.05) is 20.1 Å². The molecule has 0 aliphatic carbocycles. The number of hydrogen-bond donors (Lipinski definition) is 1. The average molecular weight is 408 g/mol. The van der Waals surface area contributed by atoms with Gasteiger partial charge in [-0.25, -0.2) is 0 Å². The van der Waals surface area contributed by atoms with Crippen LogP contribution in [-0.4, -0.2) is 10.7 Å². The van der Waals surface area contributed by atoms with E-state index in [9.17, 15) is 0 Å². The van der Waals surface area contributed by atoms with Gasteiger partial charge in [-0.3, -0.25) is 4.99 Å². The van der Waals surface area contributed by atoms with Gasteiger partial charge < -0.3 is 5.32 Å². The molecule has 0 bridgehead atoms. The zero-order valence-corrected chi connectivity index (χ0v) is 16.0. The summed E-state index contributed by atoms with van der Waals surface area (Å²) in [6, 6.07) is 15.9. The van der Waals surface area contributed by atoms with Gasteiger partial charge in [0.25, 0.3) is 0 Å². The van der Waals surface area contributed by atoms with Crippen LogP contribution in [0, 0.1) is 0 Å². The Labute approximate surface area is 154 Å². The summed E-state index contributed by atoms with van der Waals surface area (Å²) in [5, 5.41) is 4.99. The summed E-state index contributed by atoms with van der Waals surface area (Å²) in [4.78, 5) is 6.01. The Balaban J connectivity index is 1.78. The Morgan fingerprint density at radius 1 is 1.09 bits per heavy atom. The monoisotopic (exact) mass is 406 g/mol. The van der Waals surface area contributed by atoms with Gasteiger partial charge in [-0.1, -0.05) is 51.4 Å². The molecule has 1 N–H and O–H groups in total. The van der Waals surface area contributed by atoms with E-state index in [1.807, 2.05) is 36.4 Å². The van der Waals surface area contributed by atoms with E-state index in [1.165, 1.54) is 10.5 Å². The van der Waals surface area contributed by atoms with Crippen molar-refractivity contribution in [3.8, 4) is 0 Å². The van der Waals surface area contributed by atoms with Crippen LogP contribution in [0.4, 0.5) is 5.69 Å². The zero-order chi connectivity index (χ0) is 16.4. The van der Waals surface area contributed by atoms with Crippen LogP contribution in [0.25, 0.3) is 6.08 Å². The highest BCUT2D eigenvalue weighted by molar-refractivity contribution is 9.10. The third-order valence-corrected chi connectivity index (χ3v) is 5.46. The van der Waals surface area contributed by atoms with Crippen LogP contribution in [0.15, 0.2) is 62.9 Å². The molecule has 0 aromatic heterocycles. The predicted octanol–water partition coefficient (Wildman–Crippen LogP) is 6.44. The van der Waals surface area contributed by atoms with Gasteiger partial charge in [0.05, 0.1) is 5.54 Å². The van der Waals surface area contributed by atoms with Crippen LogP contribution >= 0.6 is 39.3 Å². The van der Waals surface area contributed by atoms with Crippen molar-refractivity contribution < 1.29 is 0 Å². The minimum atomic E-state index is -0.230. The van der Waals surface area contributed by atoms with Crippen LogP contribution in [-0.2, 0) is 0 Å². The van der Waals surface area contributed by atoms with E-state index in [2.05, 4.69) is 53.3 Å². The fourth-order valence-electron chi connectivity index (χ4n) is 2.19. The van der Waals surface area contributed by atoms with Gasteiger partial charge in [0.15, 0.2) is 5.17 Å². The molecule has 1 aliphatic rings. The van der Waals surface area contributed by atoms with E-state index in [0.29, 0.717) is 0 Å². The molecule has 0 saturated heterocycles. The van der Waals surface area contributed by atoms with Gasteiger partial charge in [-0.05, 0) is 61.9 Å². The molecule has 0 fully saturated rings. The van der Waals surface area contributed by atoms with Gasteiger partial charge in [0.2, 0.25) is 0 Å². The highest BCUT2D eigenvalue weighted by Crippen LogP contribution is 2.40. The zero-order valence-electron chi connectivity index (χ0n) is 12.8. The molecule has 2 aromatic carbocycles. The molecule has 0 atom stereocenters. The normalized spacial score (nSPS) is 18.1. The summed E-state index contributed by atoms with van der Waals surface area (Å²) in [5.74, 6) is 0. The van der Waals surface area contributed by atoms with Crippen LogP contribution < -0.4 is 5.32 Å². The summed E-state index contributed by atoms with van der Waals surface area (Å²) >= 11 is 11.1. The Kier molecular flexibility index (Phi) is 4.85. The van der Waals surface area contributed by atoms with E-state index in [4.69, 9.17) is 16.6 Å². The van der Waals surface area contributed by atoms with Crippen molar-refractivity contribution in [3.05, 3.63) is 68.5 Å². The summed E-state index contributed by atoms with van der Waals surface area (Å²) in [5.41, 5.74) is 1.93. The molecule has 1 heterocycles. The number of aliphatic imine (C=N–C) groups is 1. The molecule has 0 unspecified atom stereocenters. The topological polar surface area (TPSA) is 24.4 Å². The second-order valence-electron chi connectivity index (χ2n) is 5.77. The van der Waals surface area contributed by atoms with Crippen LogP contribution in [0.2, 0.25) is 5.02 Å². The first-order valence-corrected chi connectivity index (χ1v) is 9.19. The quantitative estimate of drug-likeness (QED) is 0.619. The van der Waals surface area contributed by atoms with E-state index in [-0.39, 0.29) is 5.54 Å². The third kappa shape index (κ3) is 4.19. The molecular formula is C18H16BrClN2S. The highest BCUT2D eigenvalue weighted by atomic mass is 79.9. The number of thioether (sulfide) groups is 1. The molecule has 5 heteroatoms. The Hall–Kier alpha value is -1.23. The fraction of sp³-hybridized carbons (Fsp3) is 0.167. The number of nitrogens with one attached hydrogen (secondary N) is 1. The van der Waals surface area contributed by atoms with Crippen molar-refractivity contribution in [2.75, 3.05) is 5.32 Å². The molecule has 3 rings (SSSR count). The molecular weight excluding hydrogens is 392 g/mol. The molecule has 0 saturated carbocycles. The number of halogens is 2. The summed E-state index contributed by atoms with van der Waals surface area (Å²) < 4.78 is 1.08. The maximum atomic E-state index is 5.92. The van der Waals surface area contributed by atoms with Gasteiger partial charge in [-0.2, -0.15) is 0 Å². The van der Waals surface area contributed by atoms with Gasteiger partial charge in [-0.15, -0.1) is 0 Å². The number of rotatable bonds is 2. The molecule has 2 nitrogen and oxygen atoms in total. The standard InChI is InChI=1S/C18H16BrClN2S/c1-18(2)16(11-12-3-5-13(19)6-4-12)23-17(22-18)21-15-9-7-14(20)8-10-15/h3-11H,1-2H3,(H,21,22)/b16-11-. The fourth-order valence-corrected chi connectivity index (χ4v) is 3.72. The molecule has 0 spiro atoms. The van der Waals surface area contributed by atoms with Crippen LogP contribution in [0.5, 0.6) is 0 Å². The van der Waals surface area contributed by atoms with E-state index < -0.39 is 0 Å². The lowest BCUT2D eigenvalue weighted by atomic mass is 10.0. The molecule has 23 heavy (non-hydrogen) atoms. The molecule has 118 valence electrons. The predicted molar refractivity (Wildman–Crippen MR) is 106 cm³/mol. The van der Waals surface area contributed by atoms with E-state index in [0.717, 1.165) is 20.4 Å². The van der Waals surface area contributed by atoms with E-state index >= 15 is 0 Å². The minimum absolute atomic E-state index is 0.230. The lowest BCUT2D eigenvalue weighted by Crippen LogP contribution is -2.14. The number of benzene rings is 2. The molecule has 0 radical (unpaired) electrons. The number of hydrogen-bond acceptors (Lipinski definition) is 3. The Bertz CT molecular complexity index is 765. The molecule has 0 amide bonds. The summed E-state index contributed by atoms with van der Waals surface area (Å²) in [7, 11) is 0. The maximum Gasteiger partial charge on any atom is 0.166 e. The van der Waals surface area contributed by atoms with Crippen molar-refractivity contribution in [1.82, 2.24) is 0 Å². The first-order valence-electron chi connectivity index (χ1n) is 7.20. The SMILES string of the molecule is CC1(C)N=C(Nc2ccc(Cl)cc2)S/C1=C\c1ccc(Br)cc1. The van der Waals surface area contributed by atoms with Crippen LogP contribution in [0.3, 0.4) is 0 Å². The molecule has 1 aliphatic heterocycles. The summed E-state index contributed by atoms with van der Waals surface area (Å²) in [6.45, 7) is 4.25. The van der Waals surface area contributed by atoms with Crippen molar-refractivity contribution >= 4 is 56.2 Å². The highest BCUT2D eigenvalue weighted by Gasteiger charge is 2.31. The van der Waals surface area contributed by atoms with Gasteiger partial charge in [0.1, 0.15) is 0 Å². The average Bonchev–Trinajstić information content (AvgIpc) is 2.78. The van der Waals surface area contributed by atoms with E-state index in [1.54, 1.807) is 11.8 Å². The maximum absolute atomic E-state index is 5.92. The summed E-state index contributed by atoms with van der Waals surface area (Å²) in [6.07, 6.45) is 2.19. The van der Waals surface area contributed by atoms with Crippen molar-refractivity contribution in [1.29, 1.82) is 0 Å². The number of nitrogens with zero attached hydrogens (tertiary/aromatic N) is 1. The third-order valence-electron chi connectivity index (χ3n) is 3.45. The second-order valence-corrected chi connectivity index (χ2v) is 8.15. The van der Waals surface area contributed by atoms with Crippen LogP contribution in [0.1, 0.15) is 19.4 Å². The Morgan fingerprint density at radius 2 is 1.74 bits per heavy atom. The lowest BCUT2D eigenvalue weighted by Gasteiger charge is -2.15. The first kappa shape index (κ1) is 16.6. The second kappa shape index (κ2) is 6.71. The number of anilines is 1. The van der Waals surface area contributed by atoms with Crippen molar-refractivity contribution in [3.63, 3.8) is 0 Å².